The molecule has 1 aliphatic heterocycles. The second-order valence-electron chi connectivity index (χ2n) is 4.42. The summed E-state index contributed by atoms with van der Waals surface area (Å²) in [5.41, 5.74) is 2.00. The minimum absolute atomic E-state index is 0.0682. The van der Waals surface area contributed by atoms with Crippen molar-refractivity contribution in [2.45, 2.75) is 5.41 Å². The quantitative estimate of drug-likeness (QED) is 0.675. The van der Waals surface area contributed by atoms with E-state index in [4.69, 9.17) is 5.41 Å². The summed E-state index contributed by atoms with van der Waals surface area (Å²) in [6.45, 7) is 0. The van der Waals surface area contributed by atoms with Crippen LogP contribution in [0.15, 0.2) is 48.6 Å². The van der Waals surface area contributed by atoms with Crippen molar-refractivity contribution in [3.63, 3.8) is 0 Å². The topological polar surface area (TPSA) is 45.9 Å². The Hall–Kier alpha value is -2.16. The van der Waals surface area contributed by atoms with E-state index in [-0.39, 0.29) is 5.91 Å². The number of likely N-dealkylation sites (N-methyl/N-ethyl adjacent to an activating group) is 1. The molecule has 0 atom stereocenters. The molecule has 0 aromatic heterocycles. The molecule has 0 bridgehead atoms. The first kappa shape index (κ1) is 10.0. The Bertz CT molecular complexity index is 568. The van der Waals surface area contributed by atoms with Crippen LogP contribution in [0.3, 0.4) is 0 Å². The lowest BCUT2D eigenvalue weighted by Gasteiger charge is -2.21. The van der Waals surface area contributed by atoms with E-state index in [1.807, 2.05) is 36.4 Å². The van der Waals surface area contributed by atoms with E-state index in [2.05, 4.69) is 0 Å². The van der Waals surface area contributed by atoms with E-state index < -0.39 is 5.41 Å². The monoisotopic (exact) mass is 225 g/mol. The maximum Gasteiger partial charge on any atom is 0.245 e. The van der Waals surface area contributed by atoms with Gasteiger partial charge in [-0.3, -0.25) is 10.2 Å². The molecule has 1 heterocycles. The Kier molecular flexibility index (Phi) is 1.87. The lowest BCUT2D eigenvalue weighted by atomic mass is 9.78. The van der Waals surface area contributed by atoms with E-state index in [1.165, 1.54) is 0 Å². The van der Waals surface area contributed by atoms with Gasteiger partial charge in [0.2, 0.25) is 5.91 Å². The van der Waals surface area contributed by atoms with Gasteiger partial charge < -0.3 is 4.90 Å². The predicted octanol–water partition coefficient (Wildman–Crippen LogP) is 0.227. The highest BCUT2D eigenvalue weighted by atomic mass is 16.2. The molecule has 0 saturated heterocycles. The molecule has 1 aliphatic carbocycles. The van der Waals surface area contributed by atoms with Crippen molar-refractivity contribution >= 4 is 17.3 Å². The Morgan fingerprint density at radius 1 is 1.18 bits per heavy atom. The van der Waals surface area contributed by atoms with Gasteiger partial charge >= 0.3 is 0 Å². The molecule has 2 N–H and O–H groups in total. The Morgan fingerprint density at radius 3 is 2.53 bits per heavy atom. The van der Waals surface area contributed by atoms with Crippen LogP contribution in [0.2, 0.25) is 0 Å². The van der Waals surface area contributed by atoms with Gasteiger partial charge in [0.1, 0.15) is 5.41 Å². The molecule has 3 heteroatoms. The van der Waals surface area contributed by atoms with Crippen LogP contribution < -0.4 is 10.3 Å². The van der Waals surface area contributed by atoms with Crippen molar-refractivity contribution in [3.05, 3.63) is 54.1 Å². The van der Waals surface area contributed by atoms with Gasteiger partial charge in [-0.15, -0.1) is 0 Å². The first-order valence-corrected chi connectivity index (χ1v) is 5.54. The lowest BCUT2D eigenvalue weighted by Crippen LogP contribution is -2.42. The maximum absolute atomic E-state index is 12.4. The van der Waals surface area contributed by atoms with Crippen LogP contribution in [0.25, 0.3) is 0 Å². The van der Waals surface area contributed by atoms with Crippen LogP contribution >= 0.6 is 0 Å². The predicted molar refractivity (Wildman–Crippen MR) is 66.7 cm³/mol. The molecular formula is C14H13N2O+. The smallest absolute Gasteiger partial charge is 0.245 e. The Labute approximate surface area is 99.6 Å². The number of allylic oxidation sites excluding steroid dienone is 2. The average molecular weight is 225 g/mol. The van der Waals surface area contributed by atoms with Crippen LogP contribution in [0.5, 0.6) is 0 Å². The fraction of sp³-hybridized carbons (Fsp3) is 0.143. The summed E-state index contributed by atoms with van der Waals surface area (Å²) in [7, 11) is 1.80. The van der Waals surface area contributed by atoms with E-state index >= 15 is 0 Å². The van der Waals surface area contributed by atoms with Crippen LogP contribution in [0, 0.1) is 0 Å². The number of para-hydroxylation sites is 1. The second kappa shape index (κ2) is 3.17. The number of anilines is 1. The number of rotatable bonds is 0. The molecular weight excluding hydrogens is 212 g/mol. The number of carbonyl (C=O) groups excluding carboxylic acids is 1. The van der Waals surface area contributed by atoms with Gasteiger partial charge in [0.05, 0.1) is 0 Å². The summed E-state index contributed by atoms with van der Waals surface area (Å²) in [5, 5.41) is 5.70. The van der Waals surface area contributed by atoms with Gasteiger partial charge in [-0.1, -0.05) is 30.4 Å². The zero-order valence-electron chi connectivity index (χ0n) is 9.55. The molecule has 1 spiro atoms. The molecule has 0 radical (unpaired) electrons. The van der Waals surface area contributed by atoms with Crippen molar-refractivity contribution in [1.29, 1.82) is 0 Å². The third-order valence-corrected chi connectivity index (χ3v) is 3.45. The molecule has 84 valence electrons. The fourth-order valence-corrected chi connectivity index (χ4v) is 2.51. The molecule has 2 aliphatic rings. The molecule has 17 heavy (non-hydrogen) atoms. The van der Waals surface area contributed by atoms with E-state index in [1.54, 1.807) is 24.1 Å². The first-order valence-electron chi connectivity index (χ1n) is 5.54. The van der Waals surface area contributed by atoms with Crippen LogP contribution in [0.4, 0.5) is 5.69 Å². The Balaban J connectivity index is 2.26. The highest BCUT2D eigenvalue weighted by Crippen LogP contribution is 2.43. The summed E-state index contributed by atoms with van der Waals surface area (Å²) < 4.78 is 0. The summed E-state index contributed by atoms with van der Waals surface area (Å²) in [5.74, 6) is 0.0682. The van der Waals surface area contributed by atoms with Crippen molar-refractivity contribution in [3.8, 4) is 0 Å². The minimum Gasteiger partial charge on any atom is -0.314 e. The second-order valence-corrected chi connectivity index (χ2v) is 4.42. The van der Waals surface area contributed by atoms with Gasteiger partial charge in [0.15, 0.2) is 5.71 Å². The van der Waals surface area contributed by atoms with Gasteiger partial charge in [-0.05, 0) is 11.6 Å². The molecule has 0 fully saturated rings. The number of hydrogen-bond donors (Lipinski definition) is 1. The highest BCUT2D eigenvalue weighted by molar-refractivity contribution is 6.14. The maximum atomic E-state index is 12.4. The van der Waals surface area contributed by atoms with Crippen LogP contribution in [0.1, 0.15) is 5.56 Å². The number of fused-ring (bicyclic) bond motifs is 2. The molecule has 1 amide bonds. The first-order chi connectivity index (χ1) is 8.15. The standard InChI is InChI=1S/C14H12N2O/c1-16-12-5-3-2-4-11(12)14(13(16)17)8-6-10(15)7-9-14/h2-9,15H,1H3/p+1. The zero-order chi connectivity index (χ0) is 12.0. The third-order valence-electron chi connectivity index (χ3n) is 3.45. The van der Waals surface area contributed by atoms with E-state index in [0.717, 1.165) is 11.3 Å². The summed E-state index contributed by atoms with van der Waals surface area (Å²) in [4.78, 5) is 14.1. The van der Waals surface area contributed by atoms with E-state index in [0.29, 0.717) is 5.71 Å². The van der Waals surface area contributed by atoms with Gasteiger partial charge in [0.25, 0.3) is 0 Å². The molecule has 3 nitrogen and oxygen atoms in total. The number of benzene rings is 1. The largest absolute Gasteiger partial charge is 0.314 e. The number of nitrogens with zero attached hydrogens (tertiary/aromatic N) is 1. The molecule has 0 saturated carbocycles. The van der Waals surface area contributed by atoms with Crippen LogP contribution in [-0.2, 0) is 10.2 Å². The molecule has 3 rings (SSSR count). The minimum atomic E-state index is -0.659. The summed E-state index contributed by atoms with van der Waals surface area (Å²) in [6, 6.07) is 7.85. The lowest BCUT2D eigenvalue weighted by molar-refractivity contribution is -0.120. The summed E-state index contributed by atoms with van der Waals surface area (Å²) in [6.07, 6.45) is 7.36. The molecule has 1 aromatic carbocycles. The SMILES string of the molecule is CN1C(=O)C2(C=CC(=[NH2+])C=C2)c2ccccc21. The normalized spacial score (nSPS) is 20.2. The van der Waals surface area contributed by atoms with Crippen molar-refractivity contribution < 1.29 is 10.2 Å². The number of carbonyl (C=O) groups is 1. The number of nitrogens with two attached hydrogens (primary N) is 1. The van der Waals surface area contributed by atoms with Crippen molar-refractivity contribution in [2.75, 3.05) is 11.9 Å². The van der Waals surface area contributed by atoms with Crippen molar-refractivity contribution in [1.82, 2.24) is 0 Å². The highest BCUT2D eigenvalue weighted by Gasteiger charge is 2.46. The zero-order valence-corrected chi connectivity index (χ0v) is 9.55. The summed E-state index contributed by atoms with van der Waals surface area (Å²) >= 11 is 0. The van der Waals surface area contributed by atoms with Gasteiger partial charge in [-0.2, -0.15) is 0 Å². The fourth-order valence-electron chi connectivity index (χ4n) is 2.51. The van der Waals surface area contributed by atoms with Gasteiger partial charge in [-0.25, -0.2) is 0 Å². The molecule has 0 unspecified atom stereocenters. The molecule has 1 aromatic rings. The van der Waals surface area contributed by atoms with Crippen molar-refractivity contribution in [2.24, 2.45) is 0 Å². The third kappa shape index (κ3) is 1.16. The Morgan fingerprint density at radius 2 is 1.82 bits per heavy atom. The van der Waals surface area contributed by atoms with Gasteiger partial charge in [0, 0.05) is 24.9 Å². The average Bonchev–Trinajstić information content (AvgIpc) is 2.57. The number of hydrogen-bond acceptors (Lipinski definition) is 1. The van der Waals surface area contributed by atoms with Crippen LogP contribution in [-0.4, -0.2) is 18.7 Å². The van der Waals surface area contributed by atoms with E-state index in [9.17, 15) is 4.79 Å². The number of amides is 1.